The maximum Gasteiger partial charge on any atom is 0.336 e. The Morgan fingerprint density at radius 1 is 1.06 bits per heavy atom. The first-order valence-corrected chi connectivity index (χ1v) is 6.09. The molecule has 98 valence electrons. The Balaban J connectivity index is 3.90. The van der Waals surface area contributed by atoms with E-state index in [1.54, 1.807) is 0 Å². The van der Waals surface area contributed by atoms with Crippen LogP contribution < -0.4 is 0 Å². The summed E-state index contributed by atoms with van der Waals surface area (Å²) in [5.74, 6) is -3.05. The third-order valence-electron chi connectivity index (χ3n) is 2.44. The normalized spacial score (nSPS) is 11.3. The molecule has 1 rings (SSSR count). The summed E-state index contributed by atoms with van der Waals surface area (Å²) in [5, 5.41) is 17.9. The molecule has 3 N–H and O–H groups in total. The number of aryl methyl sites for hydroxylation is 1. The molecule has 0 unspecified atom stereocenters. The van der Waals surface area contributed by atoms with Crippen molar-refractivity contribution in [1.29, 1.82) is 0 Å². The average Bonchev–Trinajstić information content (AvgIpc) is 2.17. The minimum atomic E-state index is -4.61. The molecule has 0 aromatic heterocycles. The molecule has 0 atom stereocenters. The standard InChI is InChI=1S/C10H10O7S/c1-4-3-6(18(15,16)17)5(2)8(10(13)14)7(4)9(11)12/h3H,1-2H3,(H,11,12)(H,13,14)(H,15,16,17). The minimum absolute atomic E-state index is 0.0573. The Bertz CT molecular complexity index is 643. The van der Waals surface area contributed by atoms with Crippen LogP contribution in [0.4, 0.5) is 0 Å². The third-order valence-corrected chi connectivity index (χ3v) is 3.42. The van der Waals surface area contributed by atoms with Crippen molar-refractivity contribution >= 4 is 22.1 Å². The van der Waals surface area contributed by atoms with Crippen molar-refractivity contribution < 1.29 is 32.8 Å². The summed E-state index contributed by atoms with van der Waals surface area (Å²) in [4.78, 5) is 21.4. The van der Waals surface area contributed by atoms with Crippen molar-refractivity contribution in [2.75, 3.05) is 0 Å². The highest BCUT2D eigenvalue weighted by atomic mass is 32.2. The molecule has 18 heavy (non-hydrogen) atoms. The van der Waals surface area contributed by atoms with Crippen LogP contribution in [0.3, 0.4) is 0 Å². The van der Waals surface area contributed by atoms with Gasteiger partial charge in [-0.05, 0) is 31.0 Å². The van der Waals surface area contributed by atoms with Crippen LogP contribution in [0.5, 0.6) is 0 Å². The molecular formula is C10H10O7S. The molecule has 0 radical (unpaired) electrons. The van der Waals surface area contributed by atoms with Crippen LogP contribution in [-0.4, -0.2) is 35.1 Å². The van der Waals surface area contributed by atoms with Crippen molar-refractivity contribution in [3.05, 3.63) is 28.3 Å². The lowest BCUT2D eigenvalue weighted by atomic mass is 9.97. The van der Waals surface area contributed by atoms with Gasteiger partial charge in [0.25, 0.3) is 10.1 Å². The molecule has 0 aliphatic carbocycles. The topological polar surface area (TPSA) is 129 Å². The number of carboxylic acids is 2. The second kappa shape index (κ2) is 4.39. The fourth-order valence-corrected chi connectivity index (χ4v) is 2.51. The fourth-order valence-electron chi connectivity index (χ4n) is 1.70. The van der Waals surface area contributed by atoms with Gasteiger partial charge in [-0.2, -0.15) is 8.42 Å². The van der Waals surface area contributed by atoms with Crippen molar-refractivity contribution in [3.63, 3.8) is 0 Å². The summed E-state index contributed by atoms with van der Waals surface area (Å²) in [6, 6.07) is 0.931. The molecule has 0 saturated carbocycles. The monoisotopic (exact) mass is 274 g/mol. The Kier molecular flexibility index (Phi) is 3.45. The fraction of sp³-hybridized carbons (Fsp3) is 0.200. The van der Waals surface area contributed by atoms with Crippen LogP contribution in [0.25, 0.3) is 0 Å². The van der Waals surface area contributed by atoms with Gasteiger partial charge < -0.3 is 10.2 Å². The Labute approximate surface area is 102 Å². The van der Waals surface area contributed by atoms with E-state index >= 15 is 0 Å². The summed E-state index contributed by atoms with van der Waals surface area (Å²) < 4.78 is 31.1. The predicted octanol–water partition coefficient (Wildman–Crippen LogP) is 0.947. The van der Waals surface area contributed by atoms with E-state index in [1.807, 2.05) is 0 Å². The quantitative estimate of drug-likeness (QED) is 0.699. The first kappa shape index (κ1) is 14.1. The second-order valence-electron chi connectivity index (χ2n) is 3.65. The van der Waals surface area contributed by atoms with Gasteiger partial charge in [0.2, 0.25) is 0 Å². The van der Waals surface area contributed by atoms with E-state index in [1.165, 1.54) is 6.92 Å². The van der Waals surface area contributed by atoms with E-state index < -0.39 is 38.1 Å². The molecule has 1 aromatic carbocycles. The number of aromatic carboxylic acids is 2. The molecule has 0 amide bonds. The zero-order chi connectivity index (χ0) is 14.2. The molecular weight excluding hydrogens is 264 g/mol. The van der Waals surface area contributed by atoms with E-state index in [9.17, 15) is 18.0 Å². The third kappa shape index (κ3) is 2.34. The number of rotatable bonds is 3. The van der Waals surface area contributed by atoms with Crippen LogP contribution in [0.15, 0.2) is 11.0 Å². The summed E-state index contributed by atoms with van der Waals surface area (Å²) in [5.41, 5.74) is -1.51. The second-order valence-corrected chi connectivity index (χ2v) is 5.04. The van der Waals surface area contributed by atoms with Gasteiger partial charge in [-0.15, -0.1) is 0 Å². The minimum Gasteiger partial charge on any atom is -0.478 e. The van der Waals surface area contributed by atoms with Gasteiger partial charge in [-0.3, -0.25) is 4.55 Å². The molecule has 0 aliphatic heterocycles. The van der Waals surface area contributed by atoms with Crippen molar-refractivity contribution in [2.24, 2.45) is 0 Å². The predicted molar refractivity (Wildman–Crippen MR) is 59.6 cm³/mol. The van der Waals surface area contributed by atoms with Crippen molar-refractivity contribution in [3.8, 4) is 0 Å². The van der Waals surface area contributed by atoms with Crippen molar-refractivity contribution in [1.82, 2.24) is 0 Å². The molecule has 0 saturated heterocycles. The zero-order valence-electron chi connectivity index (χ0n) is 9.46. The number of hydrogen-bond acceptors (Lipinski definition) is 4. The van der Waals surface area contributed by atoms with E-state index in [4.69, 9.17) is 14.8 Å². The lowest BCUT2D eigenvalue weighted by Gasteiger charge is -2.12. The highest BCUT2D eigenvalue weighted by Gasteiger charge is 2.27. The summed E-state index contributed by atoms with van der Waals surface area (Å²) in [6.45, 7) is 2.38. The first-order valence-electron chi connectivity index (χ1n) is 4.65. The maximum absolute atomic E-state index is 11.1. The van der Waals surface area contributed by atoms with Crippen molar-refractivity contribution in [2.45, 2.75) is 18.7 Å². The first-order chi connectivity index (χ1) is 8.07. The van der Waals surface area contributed by atoms with Gasteiger partial charge >= 0.3 is 11.9 Å². The molecule has 0 bridgehead atoms. The van der Waals surface area contributed by atoms with Gasteiger partial charge in [0.1, 0.15) is 0 Å². The van der Waals surface area contributed by atoms with Crippen LogP contribution in [0, 0.1) is 13.8 Å². The Morgan fingerprint density at radius 2 is 1.50 bits per heavy atom. The van der Waals surface area contributed by atoms with Crippen LogP contribution in [-0.2, 0) is 10.1 Å². The number of benzene rings is 1. The molecule has 8 heteroatoms. The van der Waals surface area contributed by atoms with Crippen LogP contribution >= 0.6 is 0 Å². The van der Waals surface area contributed by atoms with Crippen LogP contribution in [0.1, 0.15) is 31.8 Å². The lowest BCUT2D eigenvalue weighted by molar-refractivity contribution is 0.0649. The zero-order valence-corrected chi connectivity index (χ0v) is 10.3. The smallest absolute Gasteiger partial charge is 0.336 e. The average molecular weight is 274 g/mol. The highest BCUT2D eigenvalue weighted by Crippen LogP contribution is 2.26. The largest absolute Gasteiger partial charge is 0.478 e. The molecule has 0 heterocycles. The lowest BCUT2D eigenvalue weighted by Crippen LogP contribution is -2.15. The molecule has 0 spiro atoms. The number of carboxylic acid groups (broad SMARTS) is 2. The Hall–Kier alpha value is -1.93. The summed E-state index contributed by atoms with van der Waals surface area (Å²) in [7, 11) is -4.61. The molecule has 1 aromatic rings. The number of hydrogen-bond donors (Lipinski definition) is 3. The van der Waals surface area contributed by atoms with E-state index in [0.29, 0.717) is 0 Å². The van der Waals surface area contributed by atoms with Gasteiger partial charge in [0.15, 0.2) is 0 Å². The van der Waals surface area contributed by atoms with Gasteiger partial charge in [0, 0.05) is 0 Å². The maximum atomic E-state index is 11.1. The van der Waals surface area contributed by atoms with Gasteiger partial charge in [-0.1, -0.05) is 0 Å². The van der Waals surface area contributed by atoms with Gasteiger partial charge in [-0.25, -0.2) is 9.59 Å². The van der Waals surface area contributed by atoms with E-state index in [2.05, 4.69) is 0 Å². The molecule has 0 fully saturated rings. The number of carbonyl (C=O) groups is 2. The molecule has 7 nitrogen and oxygen atoms in total. The van der Waals surface area contributed by atoms with E-state index in [-0.39, 0.29) is 11.1 Å². The van der Waals surface area contributed by atoms with Crippen LogP contribution in [0.2, 0.25) is 0 Å². The molecule has 0 aliphatic rings. The van der Waals surface area contributed by atoms with E-state index in [0.717, 1.165) is 13.0 Å². The summed E-state index contributed by atoms with van der Waals surface area (Å²) >= 11 is 0. The van der Waals surface area contributed by atoms with Gasteiger partial charge in [0.05, 0.1) is 16.0 Å². The highest BCUT2D eigenvalue weighted by molar-refractivity contribution is 7.85. The Morgan fingerprint density at radius 3 is 1.83 bits per heavy atom. The SMILES string of the molecule is Cc1cc(S(=O)(=O)O)c(C)c(C(=O)O)c1C(=O)O. The summed E-state index contributed by atoms with van der Waals surface area (Å²) in [6.07, 6.45) is 0.